The third kappa shape index (κ3) is 4.19. The summed E-state index contributed by atoms with van der Waals surface area (Å²) in [6, 6.07) is 65.4. The zero-order chi connectivity index (χ0) is 33.5. The Balaban J connectivity index is 1.11. The minimum atomic E-state index is 0.881. The summed E-state index contributed by atoms with van der Waals surface area (Å²) in [4.78, 5) is 0. The van der Waals surface area contributed by atoms with Gasteiger partial charge in [0, 0.05) is 32.6 Å². The van der Waals surface area contributed by atoms with E-state index in [2.05, 4.69) is 191 Å². The number of fused-ring (bicyclic) bond motifs is 9. The molecule has 0 N–H and O–H groups in total. The van der Waals surface area contributed by atoms with E-state index >= 15 is 0 Å². The molecule has 0 aliphatic rings. The van der Waals surface area contributed by atoms with Gasteiger partial charge in [-0.05, 0) is 82.9 Å². The first-order valence-corrected chi connectivity index (χ1v) is 17.4. The smallest absolute Gasteiger partial charge is 0.137 e. The maximum absolute atomic E-state index is 6.52. The highest BCUT2D eigenvalue weighted by Crippen LogP contribution is 2.41. The predicted octanol–water partition coefficient (Wildman–Crippen LogP) is 13.1. The molecule has 8 aromatic carbocycles. The molecule has 51 heavy (non-hydrogen) atoms. The standard InChI is InChI=1S/C48H30N2O/c1-2-11-31(12-3-1)32-21-23-33(24-22-32)34-25-28-46-40(29-34)48-45(19-10-20-47(48)51-46)50-43-18-9-6-15-38(43)39-30-35(26-27-44(39)50)49-41-16-7-4-13-36(41)37-14-5-8-17-42(37)49/h1-30H. The van der Waals surface area contributed by atoms with Crippen LogP contribution in [0.3, 0.4) is 0 Å². The summed E-state index contributed by atoms with van der Waals surface area (Å²) in [5.41, 5.74) is 13.6. The Kier molecular flexibility index (Phi) is 5.96. The van der Waals surface area contributed by atoms with Crippen molar-refractivity contribution in [3.05, 3.63) is 182 Å². The summed E-state index contributed by atoms with van der Waals surface area (Å²) in [6.07, 6.45) is 0. The lowest BCUT2D eigenvalue weighted by atomic mass is 9.99. The molecule has 0 saturated heterocycles. The molecule has 3 nitrogen and oxygen atoms in total. The van der Waals surface area contributed by atoms with Crippen LogP contribution in [0.1, 0.15) is 0 Å². The Morgan fingerprint density at radius 2 is 0.863 bits per heavy atom. The van der Waals surface area contributed by atoms with Crippen molar-refractivity contribution in [3.8, 4) is 33.6 Å². The number of aromatic nitrogens is 2. The zero-order valence-corrected chi connectivity index (χ0v) is 27.6. The van der Waals surface area contributed by atoms with E-state index in [0.29, 0.717) is 0 Å². The quantitative estimate of drug-likeness (QED) is 0.186. The molecule has 3 aromatic heterocycles. The third-order valence-corrected chi connectivity index (χ3v) is 10.5. The minimum absolute atomic E-state index is 0.881. The molecule has 11 rings (SSSR count). The average Bonchev–Trinajstić information content (AvgIpc) is 3.85. The van der Waals surface area contributed by atoms with E-state index < -0.39 is 0 Å². The molecular weight excluding hydrogens is 621 g/mol. The summed E-state index contributed by atoms with van der Waals surface area (Å²) in [7, 11) is 0. The number of hydrogen-bond acceptors (Lipinski definition) is 1. The maximum Gasteiger partial charge on any atom is 0.137 e. The van der Waals surface area contributed by atoms with Crippen LogP contribution in [0.5, 0.6) is 0 Å². The first kappa shape index (κ1) is 28.0. The van der Waals surface area contributed by atoms with Gasteiger partial charge in [-0.15, -0.1) is 0 Å². The lowest BCUT2D eigenvalue weighted by Crippen LogP contribution is -1.96. The second-order valence-electron chi connectivity index (χ2n) is 13.3. The lowest BCUT2D eigenvalue weighted by molar-refractivity contribution is 0.669. The minimum Gasteiger partial charge on any atom is -0.456 e. The number of rotatable bonds is 4. The van der Waals surface area contributed by atoms with E-state index in [1.54, 1.807) is 0 Å². The van der Waals surface area contributed by atoms with Gasteiger partial charge in [-0.3, -0.25) is 0 Å². The SMILES string of the molecule is c1ccc(-c2ccc(-c3ccc4oc5cccc(-n6c7ccccc7c7cc(-n8c9ccccc9c9ccccc98)ccc76)c5c4c3)cc2)cc1. The van der Waals surface area contributed by atoms with Crippen LogP contribution in [0.15, 0.2) is 186 Å². The third-order valence-electron chi connectivity index (χ3n) is 10.5. The highest BCUT2D eigenvalue weighted by atomic mass is 16.3. The van der Waals surface area contributed by atoms with Crippen LogP contribution < -0.4 is 0 Å². The fourth-order valence-corrected chi connectivity index (χ4v) is 8.22. The molecule has 0 spiro atoms. The average molecular weight is 651 g/mol. The summed E-state index contributed by atoms with van der Waals surface area (Å²) in [6.45, 7) is 0. The highest BCUT2D eigenvalue weighted by Gasteiger charge is 2.20. The monoisotopic (exact) mass is 650 g/mol. The number of furan rings is 1. The molecule has 0 aliphatic carbocycles. The zero-order valence-electron chi connectivity index (χ0n) is 27.6. The normalized spacial score (nSPS) is 11.9. The summed E-state index contributed by atoms with van der Waals surface area (Å²) >= 11 is 0. The van der Waals surface area contributed by atoms with Gasteiger partial charge in [0.15, 0.2) is 0 Å². The van der Waals surface area contributed by atoms with Crippen molar-refractivity contribution < 1.29 is 4.42 Å². The summed E-state index contributed by atoms with van der Waals surface area (Å²) in [5, 5.41) is 7.19. The first-order valence-electron chi connectivity index (χ1n) is 17.4. The fourth-order valence-electron chi connectivity index (χ4n) is 8.22. The molecule has 0 unspecified atom stereocenters. The van der Waals surface area contributed by atoms with Crippen LogP contribution in [-0.4, -0.2) is 9.13 Å². The van der Waals surface area contributed by atoms with Crippen molar-refractivity contribution in [2.24, 2.45) is 0 Å². The molecule has 0 aliphatic heterocycles. The molecule has 3 heterocycles. The molecule has 0 radical (unpaired) electrons. The van der Waals surface area contributed by atoms with Crippen LogP contribution in [0.4, 0.5) is 0 Å². The molecule has 0 fully saturated rings. The molecular formula is C48H30N2O. The first-order chi connectivity index (χ1) is 25.3. The van der Waals surface area contributed by atoms with Crippen LogP contribution in [0.25, 0.3) is 99.2 Å². The Morgan fingerprint density at radius 1 is 0.314 bits per heavy atom. The van der Waals surface area contributed by atoms with Crippen molar-refractivity contribution >= 4 is 65.6 Å². The lowest BCUT2D eigenvalue weighted by Gasteiger charge is -2.11. The summed E-state index contributed by atoms with van der Waals surface area (Å²) < 4.78 is 11.3. The molecule has 0 bridgehead atoms. The van der Waals surface area contributed by atoms with E-state index in [4.69, 9.17) is 4.42 Å². The van der Waals surface area contributed by atoms with Gasteiger partial charge >= 0.3 is 0 Å². The summed E-state index contributed by atoms with van der Waals surface area (Å²) in [5.74, 6) is 0. The van der Waals surface area contributed by atoms with Gasteiger partial charge in [-0.2, -0.15) is 0 Å². The maximum atomic E-state index is 6.52. The van der Waals surface area contributed by atoms with E-state index in [1.165, 1.54) is 54.8 Å². The van der Waals surface area contributed by atoms with Gasteiger partial charge in [0.2, 0.25) is 0 Å². The van der Waals surface area contributed by atoms with Gasteiger partial charge in [0.1, 0.15) is 11.2 Å². The van der Waals surface area contributed by atoms with Crippen molar-refractivity contribution in [2.45, 2.75) is 0 Å². The Hall–Kier alpha value is -6.84. The van der Waals surface area contributed by atoms with Gasteiger partial charge in [0.05, 0.1) is 33.1 Å². The van der Waals surface area contributed by atoms with Crippen LogP contribution >= 0.6 is 0 Å². The van der Waals surface area contributed by atoms with Crippen molar-refractivity contribution in [1.82, 2.24) is 9.13 Å². The van der Waals surface area contributed by atoms with Gasteiger partial charge < -0.3 is 13.6 Å². The number of nitrogens with zero attached hydrogens (tertiary/aromatic N) is 2. The Labute approximate surface area is 293 Å². The topological polar surface area (TPSA) is 23.0 Å². The van der Waals surface area contributed by atoms with E-state index in [1.807, 2.05) is 0 Å². The largest absolute Gasteiger partial charge is 0.456 e. The van der Waals surface area contributed by atoms with Crippen molar-refractivity contribution in [1.29, 1.82) is 0 Å². The second-order valence-corrected chi connectivity index (χ2v) is 13.3. The number of benzene rings is 8. The van der Waals surface area contributed by atoms with Gasteiger partial charge in [-0.25, -0.2) is 0 Å². The Bertz CT molecular complexity index is 3070. The molecule has 3 heteroatoms. The molecule has 238 valence electrons. The molecule has 0 atom stereocenters. The fraction of sp³-hybridized carbons (Fsp3) is 0. The molecule has 0 saturated carbocycles. The molecule has 11 aromatic rings. The highest BCUT2D eigenvalue weighted by molar-refractivity contribution is 6.16. The van der Waals surface area contributed by atoms with Gasteiger partial charge in [-0.1, -0.05) is 121 Å². The van der Waals surface area contributed by atoms with E-state index in [9.17, 15) is 0 Å². The predicted molar refractivity (Wildman–Crippen MR) is 213 cm³/mol. The van der Waals surface area contributed by atoms with Crippen LogP contribution in [0.2, 0.25) is 0 Å². The van der Waals surface area contributed by atoms with Crippen LogP contribution in [-0.2, 0) is 0 Å². The number of hydrogen-bond donors (Lipinski definition) is 0. The van der Waals surface area contributed by atoms with Crippen molar-refractivity contribution in [3.63, 3.8) is 0 Å². The van der Waals surface area contributed by atoms with Crippen molar-refractivity contribution in [2.75, 3.05) is 0 Å². The second kappa shape index (κ2) is 10.8. The number of para-hydroxylation sites is 3. The van der Waals surface area contributed by atoms with Crippen LogP contribution in [0, 0.1) is 0 Å². The van der Waals surface area contributed by atoms with E-state index in [0.717, 1.165) is 44.4 Å². The van der Waals surface area contributed by atoms with Gasteiger partial charge in [0.25, 0.3) is 0 Å². The van der Waals surface area contributed by atoms with E-state index in [-0.39, 0.29) is 0 Å². The molecule has 0 amide bonds. The Morgan fingerprint density at radius 3 is 1.57 bits per heavy atom.